The molecule has 1 saturated heterocycles. The summed E-state index contributed by atoms with van der Waals surface area (Å²) in [5, 5.41) is 0. The van der Waals surface area contributed by atoms with Crippen molar-refractivity contribution in [2.75, 3.05) is 37.2 Å². The minimum Gasteiger partial charge on any atom is -0.493 e. The number of hydrogen-bond acceptors (Lipinski definition) is 7. The Morgan fingerprint density at radius 3 is 2.33 bits per heavy atom. The van der Waals surface area contributed by atoms with Crippen molar-refractivity contribution in [1.82, 2.24) is 0 Å². The van der Waals surface area contributed by atoms with Crippen molar-refractivity contribution < 1.29 is 45.3 Å². The van der Waals surface area contributed by atoms with E-state index in [9.17, 15) is 26.4 Å². The highest BCUT2D eigenvalue weighted by Gasteiger charge is 2.35. The number of carbonyl (C=O) groups excluding carboxylic acids is 1. The summed E-state index contributed by atoms with van der Waals surface area (Å²) in [6, 6.07) is 9.62. The molecule has 180 valence electrons. The van der Waals surface area contributed by atoms with Crippen molar-refractivity contribution in [2.24, 2.45) is 0 Å². The average Bonchev–Trinajstić information content (AvgIpc) is 3.08. The van der Waals surface area contributed by atoms with Crippen LogP contribution in [-0.2, 0) is 14.6 Å². The Balaban J connectivity index is 1.64. The largest absolute Gasteiger partial charge is 0.573 e. The van der Waals surface area contributed by atoms with E-state index >= 15 is 0 Å². The fraction of sp³-hybridized carbons (Fsp3) is 0.381. The normalized spacial score (nSPS) is 16.6. The van der Waals surface area contributed by atoms with E-state index in [4.69, 9.17) is 14.2 Å². The zero-order valence-corrected chi connectivity index (χ0v) is 18.6. The van der Waals surface area contributed by atoms with Crippen LogP contribution in [0.15, 0.2) is 42.5 Å². The molecule has 1 unspecified atom stereocenters. The number of anilines is 1. The van der Waals surface area contributed by atoms with Gasteiger partial charge in [0.05, 0.1) is 12.9 Å². The molecule has 0 aliphatic carbocycles. The molecule has 3 rings (SSSR count). The van der Waals surface area contributed by atoms with E-state index in [2.05, 4.69) is 4.74 Å². The highest BCUT2D eigenvalue weighted by Crippen LogP contribution is 2.34. The van der Waals surface area contributed by atoms with Crippen LogP contribution in [0.5, 0.6) is 23.0 Å². The third kappa shape index (κ3) is 6.91. The van der Waals surface area contributed by atoms with Crippen LogP contribution in [0.1, 0.15) is 6.42 Å². The molecule has 1 fully saturated rings. The van der Waals surface area contributed by atoms with Crippen molar-refractivity contribution in [3.05, 3.63) is 42.5 Å². The number of alkyl halides is 3. The summed E-state index contributed by atoms with van der Waals surface area (Å²) >= 11 is 0. The molecule has 1 heterocycles. The van der Waals surface area contributed by atoms with Gasteiger partial charge in [-0.2, -0.15) is 0 Å². The maximum atomic E-state index is 12.8. The Kier molecular flexibility index (Phi) is 7.25. The van der Waals surface area contributed by atoms with Gasteiger partial charge in [-0.1, -0.05) is 0 Å². The van der Waals surface area contributed by atoms with Gasteiger partial charge in [0, 0.05) is 31.0 Å². The topological polar surface area (TPSA) is 91.4 Å². The van der Waals surface area contributed by atoms with E-state index in [0.29, 0.717) is 30.2 Å². The lowest BCUT2D eigenvalue weighted by molar-refractivity contribution is -0.274. The number of methoxy groups -OCH3 is 1. The van der Waals surface area contributed by atoms with Crippen LogP contribution in [0.4, 0.5) is 18.9 Å². The first-order valence-electron chi connectivity index (χ1n) is 9.77. The minimum absolute atomic E-state index is 0.0418. The van der Waals surface area contributed by atoms with Crippen molar-refractivity contribution in [1.29, 1.82) is 0 Å². The zero-order chi connectivity index (χ0) is 24.2. The summed E-state index contributed by atoms with van der Waals surface area (Å²) in [5.74, 6) is 0.0460. The van der Waals surface area contributed by atoms with Gasteiger partial charge in [-0.15, -0.1) is 13.2 Å². The van der Waals surface area contributed by atoms with Gasteiger partial charge in [0.1, 0.15) is 18.1 Å². The highest BCUT2D eigenvalue weighted by atomic mass is 32.2. The highest BCUT2D eigenvalue weighted by molar-refractivity contribution is 7.90. The van der Waals surface area contributed by atoms with Gasteiger partial charge in [-0.3, -0.25) is 4.79 Å². The third-order valence-electron chi connectivity index (χ3n) is 4.66. The van der Waals surface area contributed by atoms with Gasteiger partial charge in [-0.05, 0) is 36.4 Å². The predicted molar refractivity (Wildman–Crippen MR) is 113 cm³/mol. The quantitative estimate of drug-likeness (QED) is 0.534. The Hall–Kier alpha value is -3.15. The summed E-state index contributed by atoms with van der Waals surface area (Å²) in [7, 11) is -1.75. The molecule has 0 radical (unpaired) electrons. The lowest BCUT2D eigenvalue weighted by Crippen LogP contribution is -2.32. The smallest absolute Gasteiger partial charge is 0.493 e. The van der Waals surface area contributed by atoms with Crippen molar-refractivity contribution in [2.45, 2.75) is 18.9 Å². The lowest BCUT2D eigenvalue weighted by Gasteiger charge is -2.19. The van der Waals surface area contributed by atoms with E-state index in [1.165, 1.54) is 24.1 Å². The molecular formula is C21H22F3NO7S. The number of sulfone groups is 1. The summed E-state index contributed by atoms with van der Waals surface area (Å²) in [5.41, 5.74) is 0.535. The van der Waals surface area contributed by atoms with Gasteiger partial charge < -0.3 is 23.8 Å². The van der Waals surface area contributed by atoms with E-state index in [1.807, 2.05) is 0 Å². The second-order valence-corrected chi connectivity index (χ2v) is 9.48. The maximum Gasteiger partial charge on any atom is 0.573 e. The van der Waals surface area contributed by atoms with Gasteiger partial charge in [0.25, 0.3) is 5.91 Å². The van der Waals surface area contributed by atoms with E-state index in [-0.39, 0.29) is 29.8 Å². The van der Waals surface area contributed by atoms with Crippen LogP contribution in [0, 0.1) is 0 Å². The SMILES string of the molecule is COc1cc(N2CCC(Oc3ccc(OC(F)(F)F)cc3)C2=O)ccc1OCCS(C)(=O)=O. The van der Waals surface area contributed by atoms with E-state index in [0.717, 1.165) is 18.4 Å². The van der Waals surface area contributed by atoms with E-state index in [1.54, 1.807) is 18.2 Å². The van der Waals surface area contributed by atoms with Gasteiger partial charge in [0.15, 0.2) is 27.4 Å². The number of nitrogens with zero attached hydrogens (tertiary/aromatic N) is 1. The number of rotatable bonds is 9. The van der Waals surface area contributed by atoms with Crippen LogP contribution >= 0.6 is 0 Å². The molecule has 2 aromatic rings. The standard InChI is InChI=1S/C21H22F3NO7S/c1-29-19-13-14(3-8-17(19)30-11-12-33(2,27)28)25-10-9-18(20(25)26)31-15-4-6-16(7-5-15)32-21(22,23)24/h3-8,13,18H,9-12H2,1-2H3. The third-order valence-corrected chi connectivity index (χ3v) is 5.57. The van der Waals surface area contributed by atoms with Crippen molar-refractivity contribution in [3.63, 3.8) is 0 Å². The first-order chi connectivity index (χ1) is 15.4. The molecule has 0 saturated carbocycles. The van der Waals surface area contributed by atoms with Crippen LogP contribution in [0.3, 0.4) is 0 Å². The maximum absolute atomic E-state index is 12.8. The molecule has 1 aliphatic heterocycles. The molecular weight excluding hydrogens is 467 g/mol. The molecule has 8 nitrogen and oxygen atoms in total. The summed E-state index contributed by atoms with van der Waals surface area (Å²) in [4.78, 5) is 14.3. The molecule has 1 aliphatic rings. The van der Waals surface area contributed by atoms with E-state index < -0.39 is 22.3 Å². The first kappa shape index (κ1) is 24.5. The van der Waals surface area contributed by atoms with Crippen molar-refractivity contribution >= 4 is 21.4 Å². The summed E-state index contributed by atoms with van der Waals surface area (Å²) < 4.78 is 79.5. The summed E-state index contributed by atoms with van der Waals surface area (Å²) in [6.45, 7) is 0.316. The number of halogens is 3. The fourth-order valence-corrected chi connectivity index (χ4v) is 3.54. The molecule has 0 aromatic heterocycles. The average molecular weight is 489 g/mol. The fourth-order valence-electron chi connectivity index (χ4n) is 3.15. The Bertz CT molecular complexity index is 1090. The predicted octanol–water partition coefficient (Wildman–Crippen LogP) is 3.20. The Labute approximate surface area is 188 Å². The Morgan fingerprint density at radius 2 is 1.73 bits per heavy atom. The molecule has 12 heteroatoms. The van der Waals surface area contributed by atoms with Crippen molar-refractivity contribution in [3.8, 4) is 23.0 Å². The molecule has 2 aromatic carbocycles. The number of carbonyl (C=O) groups is 1. The monoisotopic (exact) mass is 489 g/mol. The number of benzene rings is 2. The Morgan fingerprint density at radius 1 is 1.06 bits per heavy atom. The molecule has 33 heavy (non-hydrogen) atoms. The second kappa shape index (κ2) is 9.77. The van der Waals surface area contributed by atoms with Crippen LogP contribution < -0.4 is 23.8 Å². The number of hydrogen-bond donors (Lipinski definition) is 0. The van der Waals surface area contributed by atoms with Gasteiger partial charge >= 0.3 is 6.36 Å². The van der Waals surface area contributed by atoms with Gasteiger partial charge in [0.2, 0.25) is 0 Å². The lowest BCUT2D eigenvalue weighted by atomic mass is 10.2. The molecule has 0 spiro atoms. The van der Waals surface area contributed by atoms with Crippen LogP contribution in [0.25, 0.3) is 0 Å². The van der Waals surface area contributed by atoms with Crippen LogP contribution in [-0.4, -0.2) is 59.1 Å². The molecule has 1 atom stereocenters. The second-order valence-electron chi connectivity index (χ2n) is 7.22. The number of ether oxygens (including phenoxy) is 4. The molecule has 1 amide bonds. The molecule has 0 bridgehead atoms. The first-order valence-corrected chi connectivity index (χ1v) is 11.8. The van der Waals surface area contributed by atoms with Gasteiger partial charge in [-0.25, -0.2) is 8.42 Å². The minimum atomic E-state index is -4.79. The van der Waals surface area contributed by atoms with Crippen LogP contribution in [0.2, 0.25) is 0 Å². The zero-order valence-electron chi connectivity index (χ0n) is 17.8. The summed E-state index contributed by atoms with van der Waals surface area (Å²) in [6.07, 6.45) is -4.12. The number of amides is 1. The molecule has 0 N–H and O–H groups in total.